The van der Waals surface area contributed by atoms with Crippen LogP contribution in [0.5, 0.6) is 0 Å². The zero-order chi connectivity index (χ0) is 14.8. The van der Waals surface area contributed by atoms with E-state index in [4.69, 9.17) is 5.26 Å². The van der Waals surface area contributed by atoms with Crippen LogP contribution in [0.4, 0.5) is 0 Å². The maximum atomic E-state index is 11.2. The third-order valence-electron chi connectivity index (χ3n) is 2.86. The quantitative estimate of drug-likeness (QED) is 0.802. The van der Waals surface area contributed by atoms with Crippen molar-refractivity contribution in [2.45, 2.75) is 0 Å². The van der Waals surface area contributed by atoms with Crippen molar-refractivity contribution in [1.29, 1.82) is 5.26 Å². The number of aromatic carboxylic acids is 1. The van der Waals surface area contributed by atoms with Crippen LogP contribution in [0, 0.1) is 11.3 Å². The van der Waals surface area contributed by atoms with Crippen LogP contribution in [-0.2, 0) is 0 Å². The number of nitrogens with zero attached hydrogens (tertiary/aromatic N) is 4. The predicted molar refractivity (Wildman–Crippen MR) is 76.3 cm³/mol. The van der Waals surface area contributed by atoms with E-state index in [2.05, 4.69) is 16.2 Å². The largest absolute Gasteiger partial charge is 0.478 e. The SMILES string of the molecule is N#Cc1cc(-c2cnn(-c3ncccc3C(=O)O)c2)cs1. The molecule has 3 aromatic rings. The van der Waals surface area contributed by atoms with E-state index in [9.17, 15) is 9.90 Å². The Balaban J connectivity index is 2.03. The Bertz CT molecular complexity index is 860. The van der Waals surface area contributed by atoms with Gasteiger partial charge in [0.25, 0.3) is 0 Å². The van der Waals surface area contributed by atoms with Crippen LogP contribution in [0.1, 0.15) is 15.2 Å². The van der Waals surface area contributed by atoms with E-state index in [1.54, 1.807) is 24.5 Å². The molecule has 0 aliphatic rings. The van der Waals surface area contributed by atoms with Gasteiger partial charge in [-0.25, -0.2) is 14.5 Å². The molecule has 0 unspecified atom stereocenters. The zero-order valence-electron chi connectivity index (χ0n) is 10.6. The summed E-state index contributed by atoms with van der Waals surface area (Å²) in [5, 5.41) is 24.0. The number of carbonyl (C=O) groups is 1. The maximum Gasteiger partial charge on any atom is 0.339 e. The van der Waals surface area contributed by atoms with Crippen LogP contribution in [0.2, 0.25) is 0 Å². The lowest BCUT2D eigenvalue weighted by Crippen LogP contribution is -2.07. The minimum Gasteiger partial charge on any atom is -0.478 e. The molecule has 3 heterocycles. The molecule has 0 aliphatic carbocycles. The fourth-order valence-corrected chi connectivity index (χ4v) is 2.59. The summed E-state index contributed by atoms with van der Waals surface area (Å²) in [6.07, 6.45) is 4.82. The van der Waals surface area contributed by atoms with Crippen molar-refractivity contribution in [2.24, 2.45) is 0 Å². The molecule has 0 bridgehead atoms. The molecule has 102 valence electrons. The molecule has 0 fully saturated rings. The van der Waals surface area contributed by atoms with Crippen LogP contribution in [0.15, 0.2) is 42.2 Å². The molecule has 0 aliphatic heterocycles. The van der Waals surface area contributed by atoms with Crippen molar-refractivity contribution in [3.8, 4) is 23.0 Å². The molecule has 3 aromatic heterocycles. The first kappa shape index (κ1) is 13.0. The van der Waals surface area contributed by atoms with Gasteiger partial charge in [0.2, 0.25) is 0 Å². The van der Waals surface area contributed by atoms with Gasteiger partial charge in [0.1, 0.15) is 16.5 Å². The van der Waals surface area contributed by atoms with Gasteiger partial charge in [-0.3, -0.25) is 0 Å². The highest BCUT2D eigenvalue weighted by Crippen LogP contribution is 2.25. The molecule has 0 spiro atoms. The first-order valence-corrected chi connectivity index (χ1v) is 6.79. The van der Waals surface area contributed by atoms with Gasteiger partial charge in [-0.15, -0.1) is 11.3 Å². The summed E-state index contributed by atoms with van der Waals surface area (Å²) in [7, 11) is 0. The monoisotopic (exact) mass is 296 g/mol. The summed E-state index contributed by atoms with van der Waals surface area (Å²) in [5.74, 6) is -0.801. The molecule has 0 saturated heterocycles. The van der Waals surface area contributed by atoms with Crippen molar-refractivity contribution >= 4 is 17.3 Å². The fourth-order valence-electron chi connectivity index (χ4n) is 1.88. The number of rotatable bonds is 3. The van der Waals surface area contributed by atoms with E-state index in [1.165, 1.54) is 28.3 Å². The molecule has 0 saturated carbocycles. The first-order chi connectivity index (χ1) is 10.2. The molecule has 21 heavy (non-hydrogen) atoms. The van der Waals surface area contributed by atoms with Crippen LogP contribution in [-0.4, -0.2) is 25.8 Å². The smallest absolute Gasteiger partial charge is 0.339 e. The highest BCUT2D eigenvalue weighted by molar-refractivity contribution is 7.10. The Kier molecular flexibility index (Phi) is 3.22. The molecule has 1 N–H and O–H groups in total. The average Bonchev–Trinajstić information content (AvgIpc) is 3.16. The molecule has 0 aromatic carbocycles. The lowest BCUT2D eigenvalue weighted by Gasteiger charge is -2.03. The van der Waals surface area contributed by atoms with Crippen molar-refractivity contribution in [1.82, 2.24) is 14.8 Å². The van der Waals surface area contributed by atoms with Crippen molar-refractivity contribution in [2.75, 3.05) is 0 Å². The highest BCUT2D eigenvalue weighted by Gasteiger charge is 2.14. The number of carboxylic acids is 1. The van der Waals surface area contributed by atoms with E-state index in [0.717, 1.165) is 11.1 Å². The van der Waals surface area contributed by atoms with Gasteiger partial charge >= 0.3 is 5.97 Å². The lowest BCUT2D eigenvalue weighted by atomic mass is 10.2. The Morgan fingerprint density at radius 3 is 3.00 bits per heavy atom. The van der Waals surface area contributed by atoms with Crippen LogP contribution >= 0.6 is 11.3 Å². The van der Waals surface area contributed by atoms with Gasteiger partial charge in [-0.05, 0) is 23.8 Å². The Morgan fingerprint density at radius 1 is 1.43 bits per heavy atom. The number of carboxylic acid groups (broad SMARTS) is 1. The van der Waals surface area contributed by atoms with Gasteiger partial charge in [0.05, 0.1) is 6.20 Å². The second-order valence-corrected chi connectivity index (χ2v) is 5.08. The number of hydrogen-bond donors (Lipinski definition) is 1. The third-order valence-corrected chi connectivity index (χ3v) is 3.69. The van der Waals surface area contributed by atoms with Gasteiger partial charge in [-0.1, -0.05) is 0 Å². The summed E-state index contributed by atoms with van der Waals surface area (Å²) >= 11 is 1.35. The van der Waals surface area contributed by atoms with Gasteiger partial charge in [0, 0.05) is 23.3 Å². The van der Waals surface area contributed by atoms with E-state index in [0.29, 0.717) is 4.88 Å². The summed E-state index contributed by atoms with van der Waals surface area (Å²) in [4.78, 5) is 15.9. The van der Waals surface area contributed by atoms with Crippen LogP contribution in [0.3, 0.4) is 0 Å². The summed E-state index contributed by atoms with van der Waals surface area (Å²) in [6.45, 7) is 0. The number of nitriles is 1. The van der Waals surface area contributed by atoms with E-state index >= 15 is 0 Å². The van der Waals surface area contributed by atoms with Crippen molar-refractivity contribution in [3.05, 3.63) is 52.6 Å². The molecular formula is C14H8N4O2S. The summed E-state index contributed by atoms with van der Waals surface area (Å²) in [6, 6.07) is 6.89. The van der Waals surface area contributed by atoms with Gasteiger partial charge in [-0.2, -0.15) is 10.4 Å². The molecule has 6 nitrogen and oxygen atoms in total. The van der Waals surface area contributed by atoms with E-state index in [1.807, 2.05) is 5.38 Å². The van der Waals surface area contributed by atoms with Gasteiger partial charge in [0.15, 0.2) is 5.82 Å². The van der Waals surface area contributed by atoms with Crippen molar-refractivity contribution in [3.63, 3.8) is 0 Å². The third kappa shape index (κ3) is 2.40. The molecule has 7 heteroatoms. The molecule has 0 amide bonds. The average molecular weight is 296 g/mol. The van der Waals surface area contributed by atoms with E-state index < -0.39 is 5.97 Å². The standard InChI is InChI=1S/C14H8N4O2S/c15-5-11-4-9(8-21-11)10-6-17-18(7-10)13-12(14(19)20)2-1-3-16-13/h1-4,6-8H,(H,19,20). The normalized spacial score (nSPS) is 10.2. The number of thiophene rings is 1. The molecule has 0 radical (unpaired) electrons. The minimum absolute atomic E-state index is 0.0789. The van der Waals surface area contributed by atoms with Gasteiger partial charge < -0.3 is 5.11 Å². The Morgan fingerprint density at radius 2 is 2.29 bits per heavy atom. The van der Waals surface area contributed by atoms with Crippen LogP contribution in [0.25, 0.3) is 16.9 Å². The second kappa shape index (κ2) is 5.19. The Labute approximate surface area is 123 Å². The number of hydrogen-bond acceptors (Lipinski definition) is 5. The Hall–Kier alpha value is -2.98. The number of pyridine rings is 1. The summed E-state index contributed by atoms with van der Waals surface area (Å²) in [5.41, 5.74) is 1.75. The predicted octanol–water partition coefficient (Wildman–Crippen LogP) is 2.57. The summed E-state index contributed by atoms with van der Waals surface area (Å²) < 4.78 is 1.42. The zero-order valence-corrected chi connectivity index (χ0v) is 11.4. The highest BCUT2D eigenvalue weighted by atomic mass is 32.1. The molecule has 3 rings (SSSR count). The van der Waals surface area contributed by atoms with Crippen molar-refractivity contribution < 1.29 is 9.90 Å². The van der Waals surface area contributed by atoms with E-state index in [-0.39, 0.29) is 11.4 Å². The first-order valence-electron chi connectivity index (χ1n) is 5.91. The number of aromatic nitrogens is 3. The second-order valence-electron chi connectivity index (χ2n) is 4.16. The van der Waals surface area contributed by atoms with Crippen LogP contribution < -0.4 is 0 Å². The topological polar surface area (TPSA) is 91.8 Å². The minimum atomic E-state index is -1.06. The molecular weight excluding hydrogens is 288 g/mol. The fraction of sp³-hybridized carbons (Fsp3) is 0. The molecule has 0 atom stereocenters. The maximum absolute atomic E-state index is 11.2. The lowest BCUT2D eigenvalue weighted by molar-refractivity contribution is 0.0696.